The Bertz CT molecular complexity index is 668. The van der Waals surface area contributed by atoms with Gasteiger partial charge in [-0.3, -0.25) is 9.79 Å². The summed E-state index contributed by atoms with van der Waals surface area (Å²) in [6.45, 7) is 0. The fourth-order valence-corrected chi connectivity index (χ4v) is 4.50. The topological polar surface area (TPSA) is 44.7 Å². The van der Waals surface area contributed by atoms with Crippen molar-refractivity contribution in [2.45, 2.75) is 50.6 Å². The van der Waals surface area contributed by atoms with Crippen molar-refractivity contribution in [2.24, 2.45) is 4.99 Å². The van der Waals surface area contributed by atoms with Crippen molar-refractivity contribution in [3.8, 4) is 0 Å². The van der Waals surface area contributed by atoms with Crippen molar-refractivity contribution in [3.05, 3.63) is 29.8 Å². The van der Waals surface area contributed by atoms with Crippen molar-refractivity contribution in [1.29, 1.82) is 0 Å². The van der Waals surface area contributed by atoms with E-state index >= 15 is 0 Å². The lowest BCUT2D eigenvalue weighted by Gasteiger charge is -2.23. The molecule has 3 rings (SSSR count). The lowest BCUT2D eigenvalue weighted by atomic mass is 9.96. The lowest BCUT2D eigenvalue weighted by molar-refractivity contribution is -0.116. The lowest BCUT2D eigenvalue weighted by Crippen LogP contribution is -2.34. The maximum absolute atomic E-state index is 13.6. The molecular formula is C18H24ClF2N3OS. The highest BCUT2D eigenvalue weighted by Crippen LogP contribution is 2.28. The zero-order valence-corrected chi connectivity index (χ0v) is 16.3. The third-order valence-corrected chi connectivity index (χ3v) is 5.95. The molecule has 144 valence electrons. The molecule has 8 heteroatoms. The summed E-state index contributed by atoms with van der Waals surface area (Å²) in [6.07, 6.45) is 6.28. The molecule has 26 heavy (non-hydrogen) atoms. The van der Waals surface area contributed by atoms with Crippen molar-refractivity contribution < 1.29 is 13.6 Å². The molecule has 1 unspecified atom stereocenters. The van der Waals surface area contributed by atoms with Gasteiger partial charge in [-0.15, -0.1) is 12.4 Å². The number of amidine groups is 1. The number of nitrogens with zero attached hydrogens (tertiary/aromatic N) is 2. The second-order valence-electron chi connectivity index (χ2n) is 6.66. The van der Waals surface area contributed by atoms with Crippen LogP contribution in [0.1, 0.15) is 38.5 Å². The third kappa shape index (κ3) is 5.33. The second-order valence-corrected chi connectivity index (χ2v) is 7.64. The monoisotopic (exact) mass is 403 g/mol. The average Bonchev–Trinajstić information content (AvgIpc) is 2.92. The second kappa shape index (κ2) is 9.55. The first kappa shape index (κ1) is 21.0. The molecule has 0 radical (unpaired) electrons. The Morgan fingerprint density at radius 3 is 2.77 bits per heavy atom. The molecule has 1 N–H and O–H groups in total. The van der Waals surface area contributed by atoms with Crippen LogP contribution in [0.15, 0.2) is 23.2 Å². The molecule has 1 heterocycles. The summed E-state index contributed by atoms with van der Waals surface area (Å²) < 4.78 is 26.8. The quantitative estimate of drug-likeness (QED) is 0.807. The molecule has 0 bridgehead atoms. The van der Waals surface area contributed by atoms with Crippen LogP contribution in [0.2, 0.25) is 0 Å². The summed E-state index contributed by atoms with van der Waals surface area (Å²) in [5.74, 6) is -0.752. The Morgan fingerprint density at radius 1 is 1.31 bits per heavy atom. The van der Waals surface area contributed by atoms with E-state index in [0.29, 0.717) is 6.04 Å². The zero-order valence-electron chi connectivity index (χ0n) is 14.7. The molecule has 1 atom stereocenters. The summed E-state index contributed by atoms with van der Waals surface area (Å²) in [5.41, 5.74) is -0.116. The minimum Gasteiger partial charge on any atom is -0.350 e. The number of hydrogen-bond donors (Lipinski definition) is 1. The van der Waals surface area contributed by atoms with Gasteiger partial charge in [-0.05, 0) is 25.0 Å². The molecule has 1 aliphatic heterocycles. The van der Waals surface area contributed by atoms with Crippen LogP contribution in [-0.4, -0.2) is 40.9 Å². The van der Waals surface area contributed by atoms with Gasteiger partial charge in [0.05, 0.1) is 11.7 Å². The number of carbonyl (C=O) groups excluding carboxylic acids is 1. The number of hydrogen-bond acceptors (Lipinski definition) is 3. The Balaban J connectivity index is 0.00000243. The minimum absolute atomic E-state index is 0. The fraction of sp³-hybridized carbons (Fsp3) is 0.556. The molecule has 4 nitrogen and oxygen atoms in total. The van der Waals surface area contributed by atoms with E-state index in [4.69, 9.17) is 4.99 Å². The Hall–Kier alpha value is -1.34. The number of aliphatic imine (C=N–C) groups is 1. The maximum Gasteiger partial charge on any atom is 0.226 e. The number of benzene rings is 1. The molecule has 1 saturated carbocycles. The summed E-state index contributed by atoms with van der Waals surface area (Å²) in [6, 6.07) is 3.45. The van der Waals surface area contributed by atoms with Crippen LogP contribution >= 0.6 is 24.2 Å². The molecule has 0 aromatic heterocycles. The van der Waals surface area contributed by atoms with Gasteiger partial charge >= 0.3 is 0 Å². The highest BCUT2D eigenvalue weighted by atomic mass is 35.5. The van der Waals surface area contributed by atoms with Crippen molar-refractivity contribution in [1.82, 2.24) is 4.90 Å². The van der Waals surface area contributed by atoms with E-state index in [2.05, 4.69) is 5.32 Å². The van der Waals surface area contributed by atoms with Gasteiger partial charge in [0.25, 0.3) is 0 Å². The number of nitrogens with one attached hydrogen (secondary N) is 1. The summed E-state index contributed by atoms with van der Waals surface area (Å²) >= 11 is 1.67. The van der Waals surface area contributed by atoms with E-state index in [9.17, 15) is 13.6 Å². The summed E-state index contributed by atoms with van der Waals surface area (Å²) in [7, 11) is 1.95. The first-order valence-corrected chi connectivity index (χ1v) is 9.70. The van der Waals surface area contributed by atoms with E-state index in [0.717, 1.165) is 42.0 Å². The SMILES string of the molecule is CN1/C(=N/C2CCCCC2)SCC1CC(=O)Nc1cc(F)ccc1F.Cl. The van der Waals surface area contributed by atoms with E-state index in [1.807, 2.05) is 11.9 Å². The minimum atomic E-state index is -0.636. The standard InChI is InChI=1S/C18H23F2N3OS.ClH/c1-23-14(11-25-18(23)21-13-5-3-2-4-6-13)10-17(24)22-16-9-12(19)7-8-15(16)20;/h7-9,13-14H,2-6,10-11H2,1H3,(H,22,24);1H/b21-18-;. The number of halogens is 3. The highest BCUT2D eigenvalue weighted by Gasteiger charge is 2.30. The molecule has 1 saturated heterocycles. The van der Waals surface area contributed by atoms with E-state index in [1.165, 1.54) is 19.3 Å². The number of rotatable bonds is 4. The molecule has 1 aromatic rings. The van der Waals surface area contributed by atoms with Crippen LogP contribution in [-0.2, 0) is 4.79 Å². The number of carbonyl (C=O) groups is 1. The number of anilines is 1. The summed E-state index contributed by atoms with van der Waals surface area (Å²) in [4.78, 5) is 19.1. The van der Waals surface area contributed by atoms with Gasteiger partial charge in [-0.25, -0.2) is 8.78 Å². The van der Waals surface area contributed by atoms with Gasteiger partial charge in [0.1, 0.15) is 11.6 Å². The summed E-state index contributed by atoms with van der Waals surface area (Å²) in [5, 5.41) is 3.45. The molecule has 1 aromatic carbocycles. The van der Waals surface area contributed by atoms with Crippen LogP contribution in [0.3, 0.4) is 0 Å². The van der Waals surface area contributed by atoms with Gasteiger partial charge in [-0.2, -0.15) is 0 Å². The fourth-order valence-electron chi connectivity index (χ4n) is 3.24. The van der Waals surface area contributed by atoms with Crippen LogP contribution < -0.4 is 5.32 Å². The average molecular weight is 404 g/mol. The third-order valence-electron chi connectivity index (χ3n) is 4.75. The van der Waals surface area contributed by atoms with Crippen LogP contribution in [0.4, 0.5) is 14.5 Å². The van der Waals surface area contributed by atoms with Gasteiger partial charge in [0, 0.05) is 31.3 Å². The Morgan fingerprint density at radius 2 is 2.04 bits per heavy atom. The van der Waals surface area contributed by atoms with Crippen LogP contribution in [0, 0.1) is 11.6 Å². The first-order chi connectivity index (χ1) is 12.0. The normalized spacial score (nSPS) is 22.3. The zero-order chi connectivity index (χ0) is 17.8. The molecule has 1 amide bonds. The molecule has 2 fully saturated rings. The maximum atomic E-state index is 13.6. The van der Waals surface area contributed by atoms with Crippen LogP contribution in [0.25, 0.3) is 0 Å². The molecule has 1 aliphatic carbocycles. The predicted molar refractivity (Wildman–Crippen MR) is 105 cm³/mol. The van der Waals surface area contributed by atoms with Crippen molar-refractivity contribution in [3.63, 3.8) is 0 Å². The van der Waals surface area contributed by atoms with Crippen LogP contribution in [0.5, 0.6) is 0 Å². The molecular weight excluding hydrogens is 380 g/mol. The number of amides is 1. The van der Waals surface area contributed by atoms with E-state index < -0.39 is 11.6 Å². The Kier molecular flexibility index (Phi) is 7.70. The largest absolute Gasteiger partial charge is 0.350 e. The van der Waals surface area contributed by atoms with Gasteiger partial charge in [0.15, 0.2) is 5.17 Å². The Labute approximate surface area is 163 Å². The smallest absolute Gasteiger partial charge is 0.226 e. The molecule has 0 spiro atoms. The predicted octanol–water partition coefficient (Wildman–Crippen LogP) is 4.45. The molecule has 2 aliphatic rings. The van der Waals surface area contributed by atoms with Crippen molar-refractivity contribution in [2.75, 3.05) is 18.1 Å². The number of thioether (sulfide) groups is 1. The van der Waals surface area contributed by atoms with Gasteiger partial charge < -0.3 is 10.2 Å². The van der Waals surface area contributed by atoms with E-state index in [-0.39, 0.29) is 36.5 Å². The van der Waals surface area contributed by atoms with Crippen molar-refractivity contribution >= 4 is 40.9 Å². The first-order valence-electron chi connectivity index (χ1n) is 8.71. The van der Waals surface area contributed by atoms with Gasteiger partial charge in [-0.1, -0.05) is 31.0 Å². The van der Waals surface area contributed by atoms with Gasteiger partial charge in [0.2, 0.25) is 5.91 Å². The van der Waals surface area contributed by atoms with E-state index in [1.54, 1.807) is 11.8 Å². The highest BCUT2D eigenvalue weighted by molar-refractivity contribution is 8.14.